The van der Waals surface area contributed by atoms with E-state index in [1.165, 1.54) is 38.5 Å². The minimum Gasteiger partial charge on any atom is -0.378 e. The number of hydrogen-bond donors (Lipinski definition) is 1. The molecule has 2 aliphatic rings. The van der Waals surface area contributed by atoms with E-state index in [-0.39, 0.29) is 0 Å². The number of nitrogens with one attached hydrogen (secondary N) is 1. The Kier molecular flexibility index (Phi) is 4.48. The predicted octanol–water partition coefficient (Wildman–Crippen LogP) is 3.36. The van der Waals surface area contributed by atoms with Crippen LogP contribution in [0.25, 0.3) is 0 Å². The minimum absolute atomic E-state index is 0.534. The van der Waals surface area contributed by atoms with Gasteiger partial charge in [0.05, 0.1) is 12.7 Å². The molecule has 1 atom stereocenters. The second kappa shape index (κ2) is 5.71. The highest BCUT2D eigenvalue weighted by atomic mass is 16.5. The SMILES string of the molecule is CC(CNC1CC1)COC1CCC(C)(C)CC1. The van der Waals surface area contributed by atoms with Gasteiger partial charge in [0.1, 0.15) is 0 Å². The quantitative estimate of drug-likeness (QED) is 0.767. The number of hydrogen-bond acceptors (Lipinski definition) is 2. The molecular formula is C15H29NO. The molecule has 100 valence electrons. The van der Waals surface area contributed by atoms with Crippen molar-refractivity contribution in [2.75, 3.05) is 13.2 Å². The molecule has 0 saturated heterocycles. The van der Waals surface area contributed by atoms with Crippen molar-refractivity contribution in [3.8, 4) is 0 Å². The average molecular weight is 239 g/mol. The van der Waals surface area contributed by atoms with Crippen molar-refractivity contribution >= 4 is 0 Å². The van der Waals surface area contributed by atoms with Gasteiger partial charge in [-0.1, -0.05) is 20.8 Å². The predicted molar refractivity (Wildman–Crippen MR) is 72.2 cm³/mol. The molecule has 0 aliphatic heterocycles. The maximum Gasteiger partial charge on any atom is 0.0575 e. The summed E-state index contributed by atoms with van der Waals surface area (Å²) in [6.07, 6.45) is 8.47. The zero-order valence-electron chi connectivity index (χ0n) is 11.8. The molecule has 0 aromatic heterocycles. The van der Waals surface area contributed by atoms with Gasteiger partial charge in [0.2, 0.25) is 0 Å². The van der Waals surface area contributed by atoms with Crippen LogP contribution in [0.1, 0.15) is 59.3 Å². The Balaban J connectivity index is 1.55. The van der Waals surface area contributed by atoms with E-state index in [1.807, 2.05) is 0 Å². The Morgan fingerprint density at radius 2 is 1.82 bits per heavy atom. The summed E-state index contributed by atoms with van der Waals surface area (Å²) in [5.41, 5.74) is 0.555. The molecule has 2 aliphatic carbocycles. The van der Waals surface area contributed by atoms with E-state index in [4.69, 9.17) is 4.74 Å². The fraction of sp³-hybridized carbons (Fsp3) is 1.00. The van der Waals surface area contributed by atoms with Gasteiger partial charge in [0.15, 0.2) is 0 Å². The van der Waals surface area contributed by atoms with E-state index in [0.29, 0.717) is 17.4 Å². The van der Waals surface area contributed by atoms with Crippen LogP contribution in [0.2, 0.25) is 0 Å². The van der Waals surface area contributed by atoms with Crippen LogP contribution in [-0.2, 0) is 4.74 Å². The molecule has 2 fully saturated rings. The summed E-state index contributed by atoms with van der Waals surface area (Å²) >= 11 is 0. The highest BCUT2D eigenvalue weighted by molar-refractivity contribution is 4.82. The van der Waals surface area contributed by atoms with Gasteiger partial charge in [0.25, 0.3) is 0 Å². The molecule has 2 saturated carbocycles. The van der Waals surface area contributed by atoms with Gasteiger partial charge in [0, 0.05) is 12.6 Å². The van der Waals surface area contributed by atoms with Crippen LogP contribution in [0.4, 0.5) is 0 Å². The molecule has 0 heterocycles. The molecule has 0 aromatic carbocycles. The van der Waals surface area contributed by atoms with Crippen molar-refractivity contribution in [3.63, 3.8) is 0 Å². The van der Waals surface area contributed by atoms with Crippen molar-refractivity contribution in [2.24, 2.45) is 11.3 Å². The van der Waals surface area contributed by atoms with Crippen LogP contribution >= 0.6 is 0 Å². The van der Waals surface area contributed by atoms with Crippen LogP contribution in [0.15, 0.2) is 0 Å². The number of ether oxygens (including phenoxy) is 1. The Morgan fingerprint density at radius 1 is 1.18 bits per heavy atom. The van der Waals surface area contributed by atoms with Gasteiger partial charge in [-0.3, -0.25) is 0 Å². The fourth-order valence-corrected chi connectivity index (χ4v) is 2.55. The van der Waals surface area contributed by atoms with Crippen molar-refractivity contribution in [3.05, 3.63) is 0 Å². The first kappa shape index (κ1) is 13.4. The van der Waals surface area contributed by atoms with Gasteiger partial charge in [-0.2, -0.15) is 0 Å². The van der Waals surface area contributed by atoms with Gasteiger partial charge in [-0.05, 0) is 49.9 Å². The molecular weight excluding hydrogens is 210 g/mol. The third-order valence-corrected chi connectivity index (χ3v) is 4.23. The molecule has 0 radical (unpaired) electrons. The Morgan fingerprint density at radius 3 is 2.41 bits per heavy atom. The van der Waals surface area contributed by atoms with E-state index in [1.54, 1.807) is 0 Å². The summed E-state index contributed by atoms with van der Waals surface area (Å²) in [6.45, 7) is 9.12. The lowest BCUT2D eigenvalue weighted by Crippen LogP contribution is -2.30. The minimum atomic E-state index is 0.534. The first-order chi connectivity index (χ1) is 8.05. The molecule has 0 aromatic rings. The summed E-state index contributed by atoms with van der Waals surface area (Å²) in [4.78, 5) is 0. The van der Waals surface area contributed by atoms with Gasteiger partial charge < -0.3 is 10.1 Å². The molecule has 1 N–H and O–H groups in total. The zero-order chi connectivity index (χ0) is 12.3. The van der Waals surface area contributed by atoms with Crippen molar-refractivity contribution in [1.29, 1.82) is 0 Å². The smallest absolute Gasteiger partial charge is 0.0575 e. The van der Waals surface area contributed by atoms with Crippen molar-refractivity contribution in [1.82, 2.24) is 5.32 Å². The van der Waals surface area contributed by atoms with Crippen molar-refractivity contribution in [2.45, 2.75) is 71.4 Å². The lowest BCUT2D eigenvalue weighted by atomic mass is 9.76. The second-order valence-electron chi connectivity index (χ2n) is 6.98. The summed E-state index contributed by atoms with van der Waals surface area (Å²) in [5, 5.41) is 3.58. The normalized spacial score (nSPS) is 27.0. The molecule has 2 heteroatoms. The largest absolute Gasteiger partial charge is 0.378 e. The molecule has 0 bridgehead atoms. The second-order valence-corrected chi connectivity index (χ2v) is 6.98. The van der Waals surface area contributed by atoms with Crippen LogP contribution < -0.4 is 5.32 Å². The highest BCUT2D eigenvalue weighted by Gasteiger charge is 2.27. The highest BCUT2D eigenvalue weighted by Crippen LogP contribution is 2.36. The standard InChI is InChI=1S/C15H29NO/c1-12(10-16-13-4-5-13)11-17-14-6-8-15(2,3)9-7-14/h12-14,16H,4-11H2,1-3H3. The van der Waals surface area contributed by atoms with Crippen LogP contribution in [0.5, 0.6) is 0 Å². The third-order valence-electron chi connectivity index (χ3n) is 4.23. The van der Waals surface area contributed by atoms with Gasteiger partial charge in [-0.25, -0.2) is 0 Å². The Labute approximate surface area is 107 Å². The molecule has 0 spiro atoms. The van der Waals surface area contributed by atoms with Crippen LogP contribution in [0, 0.1) is 11.3 Å². The molecule has 2 nitrogen and oxygen atoms in total. The van der Waals surface area contributed by atoms with Crippen LogP contribution in [0.3, 0.4) is 0 Å². The third kappa shape index (κ3) is 4.97. The van der Waals surface area contributed by atoms with E-state index < -0.39 is 0 Å². The molecule has 2 rings (SSSR count). The molecule has 1 unspecified atom stereocenters. The molecule has 0 amide bonds. The maximum atomic E-state index is 6.05. The van der Waals surface area contributed by atoms with Crippen molar-refractivity contribution < 1.29 is 4.74 Å². The monoisotopic (exact) mass is 239 g/mol. The first-order valence-corrected chi connectivity index (χ1v) is 7.40. The first-order valence-electron chi connectivity index (χ1n) is 7.40. The Bertz CT molecular complexity index is 225. The van der Waals surface area contributed by atoms with E-state index in [0.717, 1.165) is 19.2 Å². The van der Waals surface area contributed by atoms with E-state index in [2.05, 4.69) is 26.1 Å². The summed E-state index contributed by atoms with van der Waals surface area (Å²) < 4.78 is 6.05. The average Bonchev–Trinajstić information content (AvgIpc) is 3.08. The summed E-state index contributed by atoms with van der Waals surface area (Å²) in [5.74, 6) is 0.658. The van der Waals surface area contributed by atoms with Gasteiger partial charge in [-0.15, -0.1) is 0 Å². The molecule has 17 heavy (non-hydrogen) atoms. The lowest BCUT2D eigenvalue weighted by molar-refractivity contribution is -0.00962. The van der Waals surface area contributed by atoms with Crippen LogP contribution in [-0.4, -0.2) is 25.3 Å². The van der Waals surface area contributed by atoms with E-state index in [9.17, 15) is 0 Å². The van der Waals surface area contributed by atoms with E-state index >= 15 is 0 Å². The lowest BCUT2D eigenvalue weighted by Gasteiger charge is -2.34. The zero-order valence-corrected chi connectivity index (χ0v) is 11.8. The summed E-state index contributed by atoms with van der Waals surface area (Å²) in [7, 11) is 0. The van der Waals surface area contributed by atoms with Gasteiger partial charge >= 0.3 is 0 Å². The number of rotatable bonds is 6. The topological polar surface area (TPSA) is 21.3 Å². The fourth-order valence-electron chi connectivity index (χ4n) is 2.55. The Hall–Kier alpha value is -0.0800. The summed E-state index contributed by atoms with van der Waals surface area (Å²) in [6, 6.07) is 0.827. The maximum absolute atomic E-state index is 6.05.